The van der Waals surface area contributed by atoms with Gasteiger partial charge in [-0.25, -0.2) is 17.2 Å². The van der Waals surface area contributed by atoms with Gasteiger partial charge in [0.2, 0.25) is 15.9 Å². The van der Waals surface area contributed by atoms with Crippen molar-refractivity contribution in [1.29, 1.82) is 0 Å². The number of benzene rings is 2. The van der Waals surface area contributed by atoms with Crippen molar-refractivity contribution < 1.29 is 31.5 Å². The minimum absolute atomic E-state index is 0.143. The van der Waals surface area contributed by atoms with E-state index in [9.17, 15) is 26.8 Å². The van der Waals surface area contributed by atoms with Crippen LogP contribution in [0.1, 0.15) is 18.1 Å². The first-order valence-corrected chi connectivity index (χ1v) is 13.1. The molecule has 2 amide bonds. The molecule has 3 rings (SSSR count). The highest BCUT2D eigenvalue weighted by Gasteiger charge is 2.28. The first kappa shape index (κ1) is 26.8. The van der Waals surface area contributed by atoms with E-state index in [-0.39, 0.29) is 30.7 Å². The highest BCUT2D eigenvalue weighted by atomic mass is 35.5. The van der Waals surface area contributed by atoms with Gasteiger partial charge in [-0.3, -0.25) is 19.2 Å². The molecule has 12 heteroatoms. The van der Waals surface area contributed by atoms with Crippen LogP contribution in [0.25, 0.3) is 0 Å². The number of sulfonamides is 1. The number of nitrogens with one attached hydrogen (secondary N) is 1. The van der Waals surface area contributed by atoms with Crippen LogP contribution in [0.3, 0.4) is 0 Å². The van der Waals surface area contributed by atoms with Gasteiger partial charge in [0.25, 0.3) is 5.91 Å². The van der Waals surface area contributed by atoms with E-state index in [4.69, 9.17) is 16.3 Å². The highest BCUT2D eigenvalue weighted by Crippen LogP contribution is 2.24. The van der Waals surface area contributed by atoms with E-state index >= 15 is 0 Å². The smallest absolute Gasteiger partial charge is 0.260 e. The quantitative estimate of drug-likeness (QED) is 0.564. The number of piperazine rings is 1. The predicted molar refractivity (Wildman–Crippen MR) is 126 cm³/mol. The summed E-state index contributed by atoms with van der Waals surface area (Å²) in [7, 11) is -3.71. The second-order valence-electron chi connectivity index (χ2n) is 8.43. The summed E-state index contributed by atoms with van der Waals surface area (Å²) in [4.78, 5) is 28.6. The zero-order valence-corrected chi connectivity index (χ0v) is 20.8. The fourth-order valence-electron chi connectivity index (χ4n) is 3.91. The molecule has 35 heavy (non-hydrogen) atoms. The van der Waals surface area contributed by atoms with Crippen LogP contribution >= 0.6 is 11.6 Å². The molecule has 0 radical (unpaired) electrons. The van der Waals surface area contributed by atoms with Crippen molar-refractivity contribution in [2.75, 3.05) is 32.5 Å². The minimum Gasteiger partial charge on any atom is -0.483 e. The zero-order valence-electron chi connectivity index (χ0n) is 19.3. The SMILES string of the molecule is C[C@@H]1CN(Cc2ccc(F)c(F)c2)CCN1C(=O)COc1ccc(Cl)cc1CC(=O)NS(C)(=O)=O. The molecule has 1 fully saturated rings. The van der Waals surface area contributed by atoms with Crippen molar-refractivity contribution in [3.63, 3.8) is 0 Å². The van der Waals surface area contributed by atoms with Gasteiger partial charge in [-0.15, -0.1) is 0 Å². The number of amides is 2. The molecular weight excluding hydrogens is 504 g/mol. The third-order valence-corrected chi connectivity index (χ3v) is 6.28. The fraction of sp³-hybridized carbons (Fsp3) is 0.391. The van der Waals surface area contributed by atoms with Crippen LogP contribution in [0.2, 0.25) is 5.02 Å². The Morgan fingerprint density at radius 1 is 1.14 bits per heavy atom. The van der Waals surface area contributed by atoms with Crippen LogP contribution in [-0.2, 0) is 32.6 Å². The molecule has 1 aliphatic rings. The normalized spacial score (nSPS) is 16.7. The number of hydrogen-bond donors (Lipinski definition) is 1. The predicted octanol–water partition coefficient (Wildman–Crippen LogP) is 2.35. The van der Waals surface area contributed by atoms with Gasteiger partial charge < -0.3 is 9.64 Å². The van der Waals surface area contributed by atoms with Gasteiger partial charge in [-0.1, -0.05) is 17.7 Å². The van der Waals surface area contributed by atoms with Gasteiger partial charge in [-0.2, -0.15) is 0 Å². The molecule has 190 valence electrons. The summed E-state index contributed by atoms with van der Waals surface area (Å²) >= 11 is 6.00. The lowest BCUT2D eigenvalue weighted by Crippen LogP contribution is -2.54. The third kappa shape index (κ3) is 7.87. The number of carbonyl (C=O) groups excluding carboxylic acids is 2. The summed E-state index contributed by atoms with van der Waals surface area (Å²) in [5.74, 6) is -2.55. The van der Waals surface area contributed by atoms with E-state index in [1.807, 2.05) is 11.6 Å². The summed E-state index contributed by atoms with van der Waals surface area (Å²) < 4.78 is 56.7. The molecule has 1 atom stereocenters. The van der Waals surface area contributed by atoms with E-state index in [0.717, 1.165) is 12.3 Å². The largest absolute Gasteiger partial charge is 0.483 e. The lowest BCUT2D eigenvalue weighted by molar-refractivity contribution is -0.138. The zero-order chi connectivity index (χ0) is 25.8. The number of rotatable bonds is 8. The number of nitrogens with zero attached hydrogens (tertiary/aromatic N) is 2. The van der Waals surface area contributed by atoms with Crippen LogP contribution in [0.5, 0.6) is 5.75 Å². The summed E-state index contributed by atoms with van der Waals surface area (Å²) in [5, 5.41) is 0.330. The lowest BCUT2D eigenvalue weighted by atomic mass is 10.1. The van der Waals surface area contributed by atoms with E-state index in [0.29, 0.717) is 42.3 Å². The Bertz CT molecular complexity index is 1210. The number of hydrogen-bond acceptors (Lipinski definition) is 6. The van der Waals surface area contributed by atoms with Crippen LogP contribution in [-0.4, -0.2) is 68.6 Å². The van der Waals surface area contributed by atoms with Crippen molar-refractivity contribution in [2.45, 2.75) is 25.9 Å². The molecule has 1 saturated heterocycles. The Morgan fingerprint density at radius 2 is 1.89 bits per heavy atom. The molecule has 0 saturated carbocycles. The van der Waals surface area contributed by atoms with Gasteiger partial charge in [0.15, 0.2) is 18.2 Å². The van der Waals surface area contributed by atoms with Gasteiger partial charge in [0.1, 0.15) is 5.75 Å². The summed E-state index contributed by atoms with van der Waals surface area (Å²) in [6.45, 7) is 3.56. The topological polar surface area (TPSA) is 96.0 Å². The Morgan fingerprint density at radius 3 is 2.54 bits per heavy atom. The molecule has 0 bridgehead atoms. The second kappa shape index (κ2) is 11.3. The molecular formula is C23H26ClF2N3O5S. The third-order valence-electron chi connectivity index (χ3n) is 5.45. The first-order chi connectivity index (χ1) is 16.4. The first-order valence-electron chi connectivity index (χ1n) is 10.8. The van der Waals surface area contributed by atoms with Gasteiger partial charge in [-0.05, 0) is 42.8 Å². The molecule has 1 aliphatic heterocycles. The molecule has 2 aromatic rings. The molecule has 0 spiro atoms. The highest BCUT2D eigenvalue weighted by molar-refractivity contribution is 7.89. The summed E-state index contributed by atoms with van der Waals surface area (Å²) in [6.07, 6.45) is 0.577. The maximum absolute atomic E-state index is 13.5. The molecule has 1 N–H and O–H groups in total. The van der Waals surface area contributed by atoms with Gasteiger partial charge in [0, 0.05) is 42.8 Å². The molecule has 2 aromatic carbocycles. The van der Waals surface area contributed by atoms with Crippen LogP contribution in [0, 0.1) is 11.6 Å². The summed E-state index contributed by atoms with van der Waals surface area (Å²) in [6, 6.07) is 8.19. The van der Waals surface area contributed by atoms with E-state index < -0.39 is 27.6 Å². The Kier molecular flexibility index (Phi) is 8.68. The van der Waals surface area contributed by atoms with Crippen molar-refractivity contribution in [1.82, 2.24) is 14.5 Å². The van der Waals surface area contributed by atoms with Crippen molar-refractivity contribution in [3.8, 4) is 5.75 Å². The Balaban J connectivity index is 1.57. The lowest BCUT2D eigenvalue weighted by Gasteiger charge is -2.39. The van der Waals surface area contributed by atoms with Gasteiger partial charge in [0.05, 0.1) is 12.7 Å². The maximum atomic E-state index is 13.5. The van der Waals surface area contributed by atoms with Crippen LogP contribution in [0.15, 0.2) is 36.4 Å². The average molecular weight is 530 g/mol. The standard InChI is InChI=1S/C23H26ClF2N3O5S/c1-15-12-28(13-16-3-5-19(25)20(26)9-16)7-8-29(15)23(31)14-34-21-6-4-18(24)10-17(21)11-22(30)27-35(2,32)33/h3-6,9-10,15H,7-8,11-14H2,1-2H3,(H,27,30)/t15-/m1/s1. The van der Waals surface area contributed by atoms with Gasteiger partial charge >= 0.3 is 0 Å². The van der Waals surface area contributed by atoms with Crippen molar-refractivity contribution in [2.24, 2.45) is 0 Å². The van der Waals surface area contributed by atoms with Crippen molar-refractivity contribution in [3.05, 3.63) is 64.2 Å². The second-order valence-corrected chi connectivity index (χ2v) is 10.6. The molecule has 0 unspecified atom stereocenters. The molecule has 0 aliphatic carbocycles. The molecule has 0 aromatic heterocycles. The fourth-order valence-corrected chi connectivity index (χ4v) is 4.59. The Labute approximate surface area is 207 Å². The number of carbonyl (C=O) groups is 2. The monoisotopic (exact) mass is 529 g/mol. The van der Waals surface area contributed by atoms with Crippen molar-refractivity contribution >= 4 is 33.4 Å². The van der Waals surface area contributed by atoms with E-state index in [2.05, 4.69) is 4.90 Å². The molecule has 8 nitrogen and oxygen atoms in total. The maximum Gasteiger partial charge on any atom is 0.260 e. The van der Waals surface area contributed by atoms with Crippen LogP contribution < -0.4 is 9.46 Å². The Hall–Kier alpha value is -2.76. The van der Waals surface area contributed by atoms with E-state index in [1.165, 1.54) is 24.3 Å². The van der Waals surface area contributed by atoms with Crippen LogP contribution in [0.4, 0.5) is 8.78 Å². The molecule has 1 heterocycles. The minimum atomic E-state index is -3.71. The summed E-state index contributed by atoms with van der Waals surface area (Å²) in [5.41, 5.74) is 0.991. The number of ether oxygens (including phenoxy) is 1. The van der Waals surface area contributed by atoms with E-state index in [1.54, 1.807) is 11.0 Å². The average Bonchev–Trinajstić information content (AvgIpc) is 2.74. The number of halogens is 3.